The monoisotopic (exact) mass is 187 g/mol. The first kappa shape index (κ1) is 8.73. The molecule has 2 N–H and O–H groups in total. The van der Waals surface area contributed by atoms with Crippen LogP contribution in [-0.4, -0.2) is 23.0 Å². The van der Waals surface area contributed by atoms with Crippen LogP contribution in [0.1, 0.15) is 10.4 Å². The maximum atomic E-state index is 11.0. The number of carbonyl (C=O) groups excluding carboxylic acids is 1. The highest BCUT2D eigenvalue weighted by Gasteiger charge is 2.15. The lowest BCUT2D eigenvalue weighted by molar-refractivity contribution is 0.0601. The summed E-state index contributed by atoms with van der Waals surface area (Å²) in [5.74, 6) is -0.625. The molecule has 0 unspecified atom stereocenters. The number of rotatable bonds is 1. The molecule has 0 aliphatic heterocycles. The van der Waals surface area contributed by atoms with E-state index in [0.29, 0.717) is 0 Å². The van der Waals surface area contributed by atoms with E-state index in [1.165, 1.54) is 13.4 Å². The van der Waals surface area contributed by atoms with Crippen molar-refractivity contribution in [3.63, 3.8) is 0 Å². The molecule has 1 aromatic heterocycles. The Morgan fingerprint density at radius 1 is 1.67 bits per heavy atom. The Balaban J connectivity index is 3.21. The molecule has 0 aromatic carbocycles. The fourth-order valence-corrected chi connectivity index (χ4v) is 0.885. The van der Waals surface area contributed by atoms with Crippen molar-refractivity contribution in [2.75, 3.05) is 12.8 Å². The molecule has 0 aliphatic rings. The van der Waals surface area contributed by atoms with E-state index in [4.69, 9.17) is 17.3 Å². The molecule has 0 spiro atoms. The van der Waals surface area contributed by atoms with Gasteiger partial charge in [-0.2, -0.15) is 0 Å². The Hall–Kier alpha value is -1.36. The number of carbonyl (C=O) groups is 1. The normalized spacial score (nSPS) is 9.50. The minimum absolute atomic E-state index is 0.00154. The van der Waals surface area contributed by atoms with Crippen LogP contribution in [0.15, 0.2) is 6.33 Å². The molecule has 0 radical (unpaired) electrons. The van der Waals surface area contributed by atoms with E-state index < -0.39 is 5.97 Å². The fraction of sp³-hybridized carbons (Fsp3) is 0.167. The molecule has 0 saturated carbocycles. The largest absolute Gasteiger partial charge is 0.465 e. The van der Waals surface area contributed by atoms with Gasteiger partial charge in [0.15, 0.2) is 0 Å². The topological polar surface area (TPSA) is 78.1 Å². The van der Waals surface area contributed by atoms with E-state index in [1.807, 2.05) is 0 Å². The van der Waals surface area contributed by atoms with Gasteiger partial charge in [0.2, 0.25) is 0 Å². The fourth-order valence-electron chi connectivity index (χ4n) is 0.667. The van der Waals surface area contributed by atoms with E-state index in [0.717, 1.165) is 0 Å². The van der Waals surface area contributed by atoms with Gasteiger partial charge in [-0.3, -0.25) is 0 Å². The van der Waals surface area contributed by atoms with E-state index in [2.05, 4.69) is 14.7 Å². The predicted molar refractivity (Wildman–Crippen MR) is 42.8 cm³/mol. The van der Waals surface area contributed by atoms with Crippen molar-refractivity contribution in [3.8, 4) is 0 Å². The van der Waals surface area contributed by atoms with Crippen molar-refractivity contribution in [2.24, 2.45) is 0 Å². The number of nitrogens with zero attached hydrogens (tertiary/aromatic N) is 2. The summed E-state index contributed by atoms with van der Waals surface area (Å²) < 4.78 is 4.41. The van der Waals surface area contributed by atoms with Crippen molar-refractivity contribution in [3.05, 3.63) is 17.0 Å². The molecule has 12 heavy (non-hydrogen) atoms. The molecule has 0 aliphatic carbocycles. The summed E-state index contributed by atoms with van der Waals surface area (Å²) >= 11 is 5.57. The third kappa shape index (κ3) is 1.45. The number of methoxy groups -OCH3 is 1. The number of esters is 1. The number of ether oxygens (including phenoxy) is 1. The summed E-state index contributed by atoms with van der Waals surface area (Å²) in [6.07, 6.45) is 1.17. The van der Waals surface area contributed by atoms with E-state index in [-0.39, 0.29) is 16.5 Å². The highest BCUT2D eigenvalue weighted by molar-refractivity contribution is 6.32. The second-order valence-corrected chi connectivity index (χ2v) is 2.27. The lowest BCUT2D eigenvalue weighted by Crippen LogP contribution is -2.08. The number of anilines is 1. The van der Waals surface area contributed by atoms with Crippen LogP contribution < -0.4 is 5.73 Å². The van der Waals surface area contributed by atoms with Crippen LogP contribution >= 0.6 is 11.6 Å². The van der Waals surface area contributed by atoms with Gasteiger partial charge in [-0.1, -0.05) is 11.6 Å². The molecule has 1 heterocycles. The average Bonchev–Trinajstić information content (AvgIpc) is 2.03. The lowest BCUT2D eigenvalue weighted by atomic mass is 10.3. The third-order valence-corrected chi connectivity index (χ3v) is 1.51. The SMILES string of the molecule is COC(=O)c1c(N)ncnc1Cl. The number of halogens is 1. The van der Waals surface area contributed by atoms with Gasteiger partial charge < -0.3 is 10.5 Å². The van der Waals surface area contributed by atoms with Crippen LogP contribution in [-0.2, 0) is 4.74 Å². The summed E-state index contributed by atoms with van der Waals surface area (Å²) in [6.45, 7) is 0. The Bertz CT molecular complexity index is 295. The summed E-state index contributed by atoms with van der Waals surface area (Å²) in [5, 5.41) is -0.00523. The molecule has 0 fully saturated rings. The molecule has 64 valence electrons. The molecule has 0 saturated heterocycles. The molecule has 0 amide bonds. The van der Waals surface area contributed by atoms with Crippen LogP contribution in [0.4, 0.5) is 5.82 Å². The van der Waals surface area contributed by atoms with Crippen LogP contribution in [0.2, 0.25) is 5.15 Å². The van der Waals surface area contributed by atoms with Crippen molar-refractivity contribution < 1.29 is 9.53 Å². The van der Waals surface area contributed by atoms with Crippen molar-refractivity contribution >= 4 is 23.4 Å². The summed E-state index contributed by atoms with van der Waals surface area (Å²) in [5.41, 5.74) is 5.36. The van der Waals surface area contributed by atoms with Gasteiger partial charge in [0.05, 0.1) is 7.11 Å². The molecule has 1 aromatic rings. The Kier molecular flexibility index (Phi) is 2.44. The maximum Gasteiger partial charge on any atom is 0.344 e. The van der Waals surface area contributed by atoms with Gasteiger partial charge in [-0.25, -0.2) is 14.8 Å². The molecular formula is C6H6ClN3O2. The van der Waals surface area contributed by atoms with Gasteiger partial charge in [0.1, 0.15) is 22.9 Å². The third-order valence-electron chi connectivity index (χ3n) is 1.22. The standard InChI is InChI=1S/C6H6ClN3O2/c1-12-6(11)3-4(7)9-2-10-5(3)8/h2H,1H3,(H2,8,9,10). The molecule has 0 atom stereocenters. The highest BCUT2D eigenvalue weighted by atomic mass is 35.5. The van der Waals surface area contributed by atoms with E-state index in [1.54, 1.807) is 0 Å². The highest BCUT2D eigenvalue weighted by Crippen LogP contribution is 2.17. The van der Waals surface area contributed by atoms with Crippen LogP contribution in [0.3, 0.4) is 0 Å². The van der Waals surface area contributed by atoms with Crippen molar-refractivity contribution in [2.45, 2.75) is 0 Å². The van der Waals surface area contributed by atoms with Gasteiger partial charge in [-0.05, 0) is 0 Å². The van der Waals surface area contributed by atoms with E-state index >= 15 is 0 Å². The molecule has 1 rings (SSSR count). The Labute approximate surface area is 73.5 Å². The zero-order valence-electron chi connectivity index (χ0n) is 6.24. The molecular weight excluding hydrogens is 182 g/mol. The first-order valence-electron chi connectivity index (χ1n) is 3.01. The summed E-state index contributed by atoms with van der Waals surface area (Å²) in [4.78, 5) is 18.2. The first-order valence-corrected chi connectivity index (χ1v) is 3.39. The first-order chi connectivity index (χ1) is 5.66. The number of hydrogen-bond acceptors (Lipinski definition) is 5. The molecule has 5 nitrogen and oxygen atoms in total. The predicted octanol–water partition coefficient (Wildman–Crippen LogP) is 0.499. The van der Waals surface area contributed by atoms with Crippen LogP contribution in [0, 0.1) is 0 Å². The molecule has 6 heteroatoms. The van der Waals surface area contributed by atoms with Gasteiger partial charge in [-0.15, -0.1) is 0 Å². The van der Waals surface area contributed by atoms with Crippen LogP contribution in [0.5, 0.6) is 0 Å². The summed E-state index contributed by atoms with van der Waals surface area (Å²) in [6, 6.07) is 0. The quantitative estimate of drug-likeness (QED) is 0.512. The summed E-state index contributed by atoms with van der Waals surface area (Å²) in [7, 11) is 1.23. The Morgan fingerprint density at radius 2 is 2.33 bits per heavy atom. The number of hydrogen-bond donors (Lipinski definition) is 1. The maximum absolute atomic E-state index is 11.0. The van der Waals surface area contributed by atoms with Crippen molar-refractivity contribution in [1.82, 2.24) is 9.97 Å². The Morgan fingerprint density at radius 3 is 2.83 bits per heavy atom. The van der Waals surface area contributed by atoms with Crippen LogP contribution in [0.25, 0.3) is 0 Å². The molecule has 0 bridgehead atoms. The van der Waals surface area contributed by atoms with Crippen molar-refractivity contribution in [1.29, 1.82) is 0 Å². The zero-order chi connectivity index (χ0) is 9.14. The minimum atomic E-state index is -0.641. The average molecular weight is 188 g/mol. The number of aromatic nitrogens is 2. The number of nitrogen functional groups attached to an aromatic ring is 1. The minimum Gasteiger partial charge on any atom is -0.465 e. The zero-order valence-corrected chi connectivity index (χ0v) is 7.00. The second-order valence-electron chi connectivity index (χ2n) is 1.92. The lowest BCUT2D eigenvalue weighted by Gasteiger charge is -2.02. The number of nitrogens with two attached hydrogens (primary N) is 1. The van der Waals surface area contributed by atoms with E-state index in [9.17, 15) is 4.79 Å². The van der Waals surface area contributed by atoms with Gasteiger partial charge >= 0.3 is 5.97 Å². The van der Waals surface area contributed by atoms with Gasteiger partial charge in [0.25, 0.3) is 0 Å². The second kappa shape index (κ2) is 3.36. The van der Waals surface area contributed by atoms with Gasteiger partial charge in [0, 0.05) is 0 Å². The smallest absolute Gasteiger partial charge is 0.344 e.